The Morgan fingerprint density at radius 3 is 2.40 bits per heavy atom. The number of anilines is 2. The predicted molar refractivity (Wildman–Crippen MR) is 123 cm³/mol. The Morgan fingerprint density at radius 1 is 0.967 bits per heavy atom. The van der Waals surface area contributed by atoms with E-state index in [9.17, 15) is 0 Å². The summed E-state index contributed by atoms with van der Waals surface area (Å²) in [6, 6.07) is 4.13. The van der Waals surface area contributed by atoms with E-state index in [0.29, 0.717) is 11.5 Å². The second kappa shape index (κ2) is 8.49. The van der Waals surface area contributed by atoms with Gasteiger partial charge in [0, 0.05) is 46.3 Å². The lowest BCUT2D eigenvalue weighted by molar-refractivity contribution is 0.176. The van der Waals surface area contributed by atoms with Crippen LogP contribution in [0.1, 0.15) is 19.3 Å². The normalized spacial score (nSPS) is 19.0. The number of nitrogens with two attached hydrogens (primary N) is 1. The lowest BCUT2D eigenvalue weighted by Crippen LogP contribution is -2.49. The van der Waals surface area contributed by atoms with Crippen molar-refractivity contribution >= 4 is 34.1 Å². The van der Waals surface area contributed by atoms with Crippen LogP contribution < -0.4 is 10.6 Å². The highest BCUT2D eigenvalue weighted by Gasteiger charge is 2.23. The molecule has 0 unspecified atom stereocenters. The van der Waals surface area contributed by atoms with E-state index in [1.807, 2.05) is 13.1 Å². The Labute approximate surface area is 181 Å². The summed E-state index contributed by atoms with van der Waals surface area (Å²) in [5.41, 5.74) is 7.86. The highest BCUT2D eigenvalue weighted by atomic mass is 32.1. The van der Waals surface area contributed by atoms with Gasteiger partial charge < -0.3 is 15.5 Å². The summed E-state index contributed by atoms with van der Waals surface area (Å²) in [4.78, 5) is 18.3. The zero-order valence-electron chi connectivity index (χ0n) is 17.6. The van der Waals surface area contributed by atoms with E-state index in [1.54, 1.807) is 16.0 Å². The second-order valence-corrected chi connectivity index (χ2v) is 9.24. The molecule has 0 atom stereocenters. The van der Waals surface area contributed by atoms with E-state index in [1.165, 1.54) is 38.9 Å². The monoisotopic (exact) mass is 426 g/mol. The van der Waals surface area contributed by atoms with Gasteiger partial charge in [0.05, 0.1) is 16.0 Å². The third kappa shape index (κ3) is 3.89. The molecule has 3 aromatic rings. The van der Waals surface area contributed by atoms with Crippen molar-refractivity contribution in [3.8, 4) is 10.6 Å². The molecule has 160 valence electrons. The van der Waals surface area contributed by atoms with Gasteiger partial charge in [-0.2, -0.15) is 10.1 Å². The zero-order valence-corrected chi connectivity index (χ0v) is 18.4. The number of aromatic nitrogens is 4. The fourth-order valence-corrected chi connectivity index (χ4v) is 5.19. The van der Waals surface area contributed by atoms with Crippen LogP contribution in [0.15, 0.2) is 17.5 Å². The Hall–Kier alpha value is -2.23. The van der Waals surface area contributed by atoms with Crippen LogP contribution in [0.25, 0.3) is 21.6 Å². The van der Waals surface area contributed by atoms with Gasteiger partial charge in [0.2, 0.25) is 5.95 Å². The molecule has 2 saturated heterocycles. The van der Waals surface area contributed by atoms with Gasteiger partial charge in [-0.1, -0.05) is 12.5 Å². The molecule has 5 rings (SSSR count). The van der Waals surface area contributed by atoms with Crippen LogP contribution in [0, 0.1) is 0 Å². The first-order valence-electron chi connectivity index (χ1n) is 10.9. The van der Waals surface area contributed by atoms with Gasteiger partial charge in [0.25, 0.3) is 0 Å². The van der Waals surface area contributed by atoms with Crippen molar-refractivity contribution in [3.05, 3.63) is 17.5 Å². The molecule has 0 amide bonds. The predicted octanol–water partition coefficient (Wildman–Crippen LogP) is 2.28. The van der Waals surface area contributed by atoms with E-state index in [4.69, 9.17) is 15.7 Å². The van der Waals surface area contributed by atoms with Crippen LogP contribution in [0.5, 0.6) is 0 Å². The van der Waals surface area contributed by atoms with E-state index in [2.05, 4.69) is 31.2 Å². The van der Waals surface area contributed by atoms with Crippen LogP contribution in [0.2, 0.25) is 0 Å². The molecule has 0 spiro atoms. The molecule has 2 aliphatic heterocycles. The Morgan fingerprint density at radius 2 is 1.70 bits per heavy atom. The van der Waals surface area contributed by atoms with Crippen LogP contribution in [0.3, 0.4) is 0 Å². The van der Waals surface area contributed by atoms with E-state index in [-0.39, 0.29) is 0 Å². The first-order chi connectivity index (χ1) is 14.7. The summed E-state index contributed by atoms with van der Waals surface area (Å²) < 4.78 is 1.69. The van der Waals surface area contributed by atoms with Crippen molar-refractivity contribution in [2.75, 3.05) is 63.0 Å². The Kier molecular flexibility index (Phi) is 5.58. The molecule has 8 nitrogen and oxygen atoms in total. The Bertz CT molecular complexity index is 984. The minimum absolute atomic E-state index is 0.613. The highest BCUT2D eigenvalue weighted by Crippen LogP contribution is 2.34. The molecule has 2 fully saturated rings. The van der Waals surface area contributed by atoms with Gasteiger partial charge in [-0.15, -0.1) is 11.3 Å². The van der Waals surface area contributed by atoms with Gasteiger partial charge in [0.1, 0.15) is 5.82 Å². The topological polar surface area (TPSA) is 79.3 Å². The third-order valence-corrected chi connectivity index (χ3v) is 7.20. The van der Waals surface area contributed by atoms with E-state index in [0.717, 1.165) is 54.6 Å². The number of hydrogen-bond acceptors (Lipinski definition) is 8. The smallest absolute Gasteiger partial charge is 0.228 e. The number of piperazine rings is 1. The molecule has 2 aliphatic rings. The SMILES string of the molecule is Cn1nc2nc(N3CCN(CCN4CCCCC4)CC3)nc(-c3cccs3)c2c1N. The number of aryl methyl sites for hydroxylation is 1. The first kappa shape index (κ1) is 19.7. The highest BCUT2D eigenvalue weighted by molar-refractivity contribution is 7.13. The van der Waals surface area contributed by atoms with Gasteiger partial charge in [-0.05, 0) is 37.4 Å². The summed E-state index contributed by atoms with van der Waals surface area (Å²) in [5.74, 6) is 1.38. The Balaban J connectivity index is 1.31. The number of piperidine rings is 1. The number of rotatable bonds is 5. The molecule has 0 aromatic carbocycles. The molecule has 3 aromatic heterocycles. The zero-order chi connectivity index (χ0) is 20.5. The standard InChI is InChI=1S/C21H30N8S/c1-26-19(22)17-18(16-6-5-15-30-16)23-21(24-20(17)25-26)29-13-11-28(12-14-29)10-9-27-7-3-2-4-8-27/h5-6,15H,2-4,7-14,22H2,1H3. The lowest BCUT2D eigenvalue weighted by Gasteiger charge is -2.36. The number of thiophene rings is 1. The molecule has 0 radical (unpaired) electrons. The van der Waals surface area contributed by atoms with Crippen LogP contribution >= 0.6 is 11.3 Å². The van der Waals surface area contributed by atoms with Crippen molar-refractivity contribution < 1.29 is 0 Å². The van der Waals surface area contributed by atoms with Gasteiger partial charge in [0.15, 0.2) is 5.65 Å². The summed E-state index contributed by atoms with van der Waals surface area (Å²) in [7, 11) is 1.86. The van der Waals surface area contributed by atoms with E-state index >= 15 is 0 Å². The first-order valence-corrected chi connectivity index (χ1v) is 11.8. The van der Waals surface area contributed by atoms with Crippen molar-refractivity contribution in [2.24, 2.45) is 7.05 Å². The summed E-state index contributed by atoms with van der Waals surface area (Å²) in [6.45, 7) is 8.87. The molecule has 9 heteroatoms. The number of fused-ring (bicyclic) bond motifs is 1. The number of nitrogens with zero attached hydrogens (tertiary/aromatic N) is 7. The summed E-state index contributed by atoms with van der Waals surface area (Å²) in [6.07, 6.45) is 4.12. The number of hydrogen-bond donors (Lipinski definition) is 1. The second-order valence-electron chi connectivity index (χ2n) is 8.29. The molecule has 30 heavy (non-hydrogen) atoms. The molecule has 0 bridgehead atoms. The maximum absolute atomic E-state index is 6.29. The largest absolute Gasteiger partial charge is 0.383 e. The van der Waals surface area contributed by atoms with Crippen LogP contribution in [-0.4, -0.2) is 81.9 Å². The minimum atomic E-state index is 0.613. The molecule has 2 N–H and O–H groups in total. The minimum Gasteiger partial charge on any atom is -0.383 e. The lowest BCUT2D eigenvalue weighted by atomic mass is 10.1. The summed E-state index contributed by atoms with van der Waals surface area (Å²) in [5, 5.41) is 7.45. The number of nitrogen functional groups attached to an aromatic ring is 1. The maximum atomic E-state index is 6.29. The van der Waals surface area contributed by atoms with Crippen molar-refractivity contribution in [3.63, 3.8) is 0 Å². The molecule has 0 saturated carbocycles. The van der Waals surface area contributed by atoms with Crippen molar-refractivity contribution in [2.45, 2.75) is 19.3 Å². The fraction of sp³-hybridized carbons (Fsp3) is 0.571. The molecule has 0 aliphatic carbocycles. The van der Waals surface area contributed by atoms with E-state index < -0.39 is 0 Å². The summed E-state index contributed by atoms with van der Waals surface area (Å²) >= 11 is 1.67. The van der Waals surface area contributed by atoms with Crippen LogP contribution in [0.4, 0.5) is 11.8 Å². The van der Waals surface area contributed by atoms with Crippen LogP contribution in [-0.2, 0) is 7.05 Å². The fourth-order valence-electron chi connectivity index (χ4n) is 4.47. The van der Waals surface area contributed by atoms with Gasteiger partial charge in [-0.25, -0.2) is 4.98 Å². The van der Waals surface area contributed by atoms with Crippen molar-refractivity contribution in [1.82, 2.24) is 29.5 Å². The quantitative estimate of drug-likeness (QED) is 0.670. The van der Waals surface area contributed by atoms with Gasteiger partial charge >= 0.3 is 0 Å². The molecule has 5 heterocycles. The average Bonchev–Trinajstić information content (AvgIpc) is 3.41. The molecular weight excluding hydrogens is 396 g/mol. The average molecular weight is 427 g/mol. The number of likely N-dealkylation sites (tertiary alicyclic amines) is 1. The molecular formula is C21H30N8S. The van der Waals surface area contributed by atoms with Gasteiger partial charge in [-0.3, -0.25) is 9.58 Å². The van der Waals surface area contributed by atoms with Crippen molar-refractivity contribution in [1.29, 1.82) is 0 Å². The maximum Gasteiger partial charge on any atom is 0.228 e. The third-order valence-electron chi connectivity index (χ3n) is 6.32.